The van der Waals surface area contributed by atoms with Crippen LogP contribution in [-0.2, 0) is 4.79 Å². The van der Waals surface area contributed by atoms with Gasteiger partial charge in [-0.25, -0.2) is 9.37 Å². The van der Waals surface area contributed by atoms with Crippen molar-refractivity contribution in [3.63, 3.8) is 0 Å². The monoisotopic (exact) mass is 514 g/mol. The zero-order valence-corrected chi connectivity index (χ0v) is 21.4. The lowest BCUT2D eigenvalue weighted by Crippen LogP contribution is -2.32. The molecule has 1 aliphatic heterocycles. The first kappa shape index (κ1) is 24.6. The number of nitrogens with zero attached hydrogens (tertiary/aromatic N) is 4. The molecule has 2 N–H and O–H groups in total. The summed E-state index contributed by atoms with van der Waals surface area (Å²) in [4.78, 5) is 24.0. The lowest BCUT2D eigenvalue weighted by atomic mass is 9.96. The van der Waals surface area contributed by atoms with Crippen LogP contribution in [-0.4, -0.2) is 37.0 Å². The third-order valence-corrected chi connectivity index (χ3v) is 6.93. The minimum atomic E-state index is -0.349. The molecule has 4 aromatic rings. The first-order valence-corrected chi connectivity index (χ1v) is 12.5. The summed E-state index contributed by atoms with van der Waals surface area (Å²) in [6.45, 7) is 4.54. The fraction of sp³-hybridized carbons (Fsp3) is 0.214. The zero-order valence-electron chi connectivity index (χ0n) is 20.6. The summed E-state index contributed by atoms with van der Waals surface area (Å²) in [5.41, 5.74) is 4.61. The zero-order chi connectivity index (χ0) is 25.9. The summed E-state index contributed by atoms with van der Waals surface area (Å²) in [5, 5.41) is 6.84. The summed E-state index contributed by atoms with van der Waals surface area (Å²) in [5.74, 6) is 0.323. The highest BCUT2D eigenvalue weighted by Crippen LogP contribution is 2.41. The predicted molar refractivity (Wildman–Crippen MR) is 145 cm³/mol. The van der Waals surface area contributed by atoms with E-state index in [1.807, 2.05) is 36.4 Å². The number of aryl methyl sites for hydroxylation is 1. The van der Waals surface area contributed by atoms with Crippen molar-refractivity contribution >= 4 is 28.9 Å². The van der Waals surface area contributed by atoms with E-state index in [9.17, 15) is 9.18 Å². The molecule has 1 saturated heterocycles. The Morgan fingerprint density at radius 2 is 1.78 bits per heavy atom. The van der Waals surface area contributed by atoms with Crippen LogP contribution in [0.3, 0.4) is 0 Å². The Bertz CT molecular complexity index is 1410. The highest BCUT2D eigenvalue weighted by molar-refractivity contribution is 7.80. The first-order valence-electron chi connectivity index (χ1n) is 12.1. The topological polar surface area (TPSA) is 75.1 Å². The maximum atomic E-state index is 13.2. The molecule has 5 rings (SSSR count). The summed E-state index contributed by atoms with van der Waals surface area (Å²) < 4.78 is 15.4. The fourth-order valence-electron chi connectivity index (χ4n) is 4.89. The van der Waals surface area contributed by atoms with Crippen LogP contribution in [0.25, 0.3) is 5.82 Å². The molecule has 1 aliphatic rings. The van der Waals surface area contributed by atoms with Crippen molar-refractivity contribution in [3.8, 4) is 5.82 Å². The van der Waals surface area contributed by atoms with Gasteiger partial charge < -0.3 is 20.1 Å². The molecule has 0 aliphatic carbocycles. The van der Waals surface area contributed by atoms with E-state index in [-0.39, 0.29) is 30.2 Å². The summed E-state index contributed by atoms with van der Waals surface area (Å²) in [7, 11) is 0. The van der Waals surface area contributed by atoms with Gasteiger partial charge in [-0.05, 0) is 86.2 Å². The minimum absolute atomic E-state index is 0.173. The van der Waals surface area contributed by atoms with Crippen LogP contribution in [0.4, 0.5) is 10.1 Å². The van der Waals surface area contributed by atoms with E-state index in [1.165, 1.54) is 12.1 Å². The summed E-state index contributed by atoms with van der Waals surface area (Å²) in [6, 6.07) is 19.2. The second-order valence-corrected chi connectivity index (χ2v) is 9.36. The quantitative estimate of drug-likeness (QED) is 0.337. The molecular formula is C28H27FN6OS. The van der Waals surface area contributed by atoms with Gasteiger partial charge in [-0.15, -0.1) is 0 Å². The lowest BCUT2D eigenvalue weighted by Gasteiger charge is -2.28. The Hall–Kier alpha value is -4.11. The number of hydrogen-bond donors (Lipinski definition) is 2. The number of nitrogens with one attached hydrogen (secondary N) is 2. The van der Waals surface area contributed by atoms with Gasteiger partial charge >= 0.3 is 0 Å². The Kier molecular flexibility index (Phi) is 6.96. The second-order valence-electron chi connectivity index (χ2n) is 8.97. The Balaban J connectivity index is 1.45. The smallest absolute Gasteiger partial charge is 0.226 e. The van der Waals surface area contributed by atoms with Crippen LogP contribution in [0.5, 0.6) is 0 Å². The number of halogens is 1. The van der Waals surface area contributed by atoms with Crippen LogP contribution in [0.15, 0.2) is 79.1 Å². The number of carbonyl (C=O) groups excluding carboxylic acids is 1. The number of thiocarbonyl (C=S) groups is 1. The molecule has 9 heteroatoms. The van der Waals surface area contributed by atoms with Gasteiger partial charge in [-0.3, -0.25) is 9.78 Å². The molecule has 0 saturated carbocycles. The Morgan fingerprint density at radius 1 is 1.05 bits per heavy atom. The maximum absolute atomic E-state index is 13.2. The molecular weight excluding hydrogens is 487 g/mol. The van der Waals surface area contributed by atoms with Gasteiger partial charge in [0.25, 0.3) is 0 Å². The number of hydrogen-bond acceptors (Lipinski definition) is 4. The Labute approximate surface area is 220 Å². The van der Waals surface area contributed by atoms with E-state index in [0.717, 1.165) is 28.5 Å². The first-order chi connectivity index (χ1) is 17.9. The van der Waals surface area contributed by atoms with Gasteiger partial charge in [0.1, 0.15) is 11.6 Å². The molecule has 4 heterocycles. The van der Waals surface area contributed by atoms with Gasteiger partial charge in [0.15, 0.2) is 5.11 Å². The van der Waals surface area contributed by atoms with Gasteiger partial charge in [-0.1, -0.05) is 12.1 Å². The molecule has 0 bridgehead atoms. The summed E-state index contributed by atoms with van der Waals surface area (Å²) in [6.07, 6.45) is 3.76. The molecule has 7 nitrogen and oxygen atoms in total. The van der Waals surface area contributed by atoms with Gasteiger partial charge in [0.2, 0.25) is 5.91 Å². The predicted octanol–water partition coefficient (Wildman–Crippen LogP) is 5.02. The lowest BCUT2D eigenvalue weighted by molar-refractivity contribution is -0.116. The SMILES string of the molecule is Cc1cc([C@@H]2[C@H](c3ccccn3)NC(=S)N2CCC(=O)Nc2ccc(F)cc2)c(C)n1-c1ccccn1. The Morgan fingerprint density at radius 3 is 2.46 bits per heavy atom. The van der Waals surface area contributed by atoms with Crippen molar-refractivity contribution in [3.05, 3.63) is 108 Å². The van der Waals surface area contributed by atoms with E-state index in [1.54, 1.807) is 24.5 Å². The molecule has 37 heavy (non-hydrogen) atoms. The molecule has 0 radical (unpaired) electrons. The number of benzene rings is 1. The van der Waals surface area contributed by atoms with Crippen molar-refractivity contribution in [1.82, 2.24) is 24.8 Å². The molecule has 1 aromatic carbocycles. The standard InChI is InChI=1S/C28H27FN6OS/c1-18-17-22(19(2)35(18)24-8-4-6-15-31-24)27-26(23-7-3-5-14-30-23)33-28(37)34(27)16-13-25(36)32-21-11-9-20(29)10-12-21/h3-12,14-15,17,26-27H,13,16H2,1-2H3,(H,32,36)(H,33,37)/t26-,27+/m0/s1. The van der Waals surface area contributed by atoms with E-state index in [4.69, 9.17) is 12.2 Å². The number of aromatic nitrogens is 3. The number of rotatable bonds is 7. The summed E-state index contributed by atoms with van der Waals surface area (Å²) >= 11 is 5.76. The van der Waals surface area contributed by atoms with Crippen molar-refractivity contribution in [1.29, 1.82) is 0 Å². The van der Waals surface area contributed by atoms with Gasteiger partial charge in [-0.2, -0.15) is 0 Å². The minimum Gasteiger partial charge on any atom is -0.352 e. The highest BCUT2D eigenvalue weighted by Gasteiger charge is 2.41. The molecule has 0 spiro atoms. The number of amides is 1. The fourth-order valence-corrected chi connectivity index (χ4v) is 5.22. The third kappa shape index (κ3) is 5.08. The van der Waals surface area contributed by atoms with Crippen molar-refractivity contribution in [2.75, 3.05) is 11.9 Å². The van der Waals surface area contributed by atoms with Crippen LogP contribution >= 0.6 is 12.2 Å². The molecule has 3 aromatic heterocycles. The normalized spacial score (nSPS) is 17.1. The molecule has 2 atom stereocenters. The van der Waals surface area contributed by atoms with E-state index in [0.29, 0.717) is 17.3 Å². The van der Waals surface area contributed by atoms with E-state index in [2.05, 4.69) is 50.0 Å². The largest absolute Gasteiger partial charge is 0.352 e. The van der Waals surface area contributed by atoms with Crippen LogP contribution in [0.2, 0.25) is 0 Å². The molecule has 1 fully saturated rings. The maximum Gasteiger partial charge on any atom is 0.226 e. The highest BCUT2D eigenvalue weighted by atomic mass is 32.1. The third-order valence-electron chi connectivity index (χ3n) is 6.57. The number of carbonyl (C=O) groups is 1. The van der Waals surface area contributed by atoms with E-state index < -0.39 is 0 Å². The van der Waals surface area contributed by atoms with Crippen molar-refractivity contribution in [2.45, 2.75) is 32.4 Å². The molecule has 0 unspecified atom stereocenters. The number of anilines is 1. The van der Waals surface area contributed by atoms with E-state index >= 15 is 0 Å². The van der Waals surface area contributed by atoms with Crippen molar-refractivity contribution in [2.24, 2.45) is 0 Å². The van der Waals surface area contributed by atoms with Crippen LogP contribution in [0, 0.1) is 19.7 Å². The van der Waals surface area contributed by atoms with Crippen LogP contribution < -0.4 is 10.6 Å². The average molecular weight is 515 g/mol. The molecule has 188 valence electrons. The van der Waals surface area contributed by atoms with Gasteiger partial charge in [0, 0.05) is 42.4 Å². The number of pyridine rings is 2. The van der Waals surface area contributed by atoms with Crippen molar-refractivity contribution < 1.29 is 9.18 Å². The molecule has 1 amide bonds. The van der Waals surface area contributed by atoms with Crippen LogP contribution in [0.1, 0.15) is 41.1 Å². The average Bonchev–Trinajstić information content (AvgIpc) is 3.39. The second kappa shape index (κ2) is 10.5. The van der Waals surface area contributed by atoms with Gasteiger partial charge in [0.05, 0.1) is 17.8 Å².